The van der Waals surface area contributed by atoms with E-state index in [9.17, 15) is 4.79 Å². The van der Waals surface area contributed by atoms with Crippen molar-refractivity contribution in [2.24, 2.45) is 11.7 Å². The first-order valence-corrected chi connectivity index (χ1v) is 7.09. The summed E-state index contributed by atoms with van der Waals surface area (Å²) in [5, 5.41) is 2.93. The average molecular weight is 313 g/mol. The number of rotatable bonds is 4. The molecule has 6 heteroatoms. The van der Waals surface area contributed by atoms with Crippen molar-refractivity contribution in [3.8, 4) is 11.5 Å². The summed E-state index contributed by atoms with van der Waals surface area (Å²) in [6.45, 7) is 3.56. The maximum absolute atomic E-state index is 12.0. The molecule has 1 aromatic rings. The van der Waals surface area contributed by atoms with E-state index in [2.05, 4.69) is 5.32 Å². The topological polar surface area (TPSA) is 73.6 Å². The zero-order valence-corrected chi connectivity index (χ0v) is 12.8. The van der Waals surface area contributed by atoms with Gasteiger partial charge in [0.2, 0.25) is 5.91 Å². The average Bonchev–Trinajstić information content (AvgIpc) is 3.27. The number of nitrogens with one attached hydrogen (secondary N) is 1. The summed E-state index contributed by atoms with van der Waals surface area (Å²) in [6.07, 6.45) is 0.892. The molecule has 1 amide bonds. The van der Waals surface area contributed by atoms with Gasteiger partial charge in [0.1, 0.15) is 13.2 Å². The van der Waals surface area contributed by atoms with Crippen molar-refractivity contribution >= 4 is 18.3 Å². The first kappa shape index (κ1) is 15.9. The minimum atomic E-state index is 0. The van der Waals surface area contributed by atoms with E-state index in [-0.39, 0.29) is 36.2 Å². The Morgan fingerprint density at radius 3 is 2.81 bits per heavy atom. The molecule has 1 fully saturated rings. The minimum Gasteiger partial charge on any atom is -0.486 e. The minimum absolute atomic E-state index is 0. The van der Waals surface area contributed by atoms with E-state index in [0.717, 1.165) is 23.5 Å². The Balaban J connectivity index is 0.00000161. The van der Waals surface area contributed by atoms with Crippen molar-refractivity contribution in [1.29, 1.82) is 0 Å². The van der Waals surface area contributed by atoms with Crippen LogP contribution in [0.3, 0.4) is 0 Å². The first-order valence-electron chi connectivity index (χ1n) is 7.09. The van der Waals surface area contributed by atoms with Crippen LogP contribution in [0, 0.1) is 5.92 Å². The van der Waals surface area contributed by atoms with Gasteiger partial charge in [-0.15, -0.1) is 12.4 Å². The number of carbonyl (C=O) groups excluding carboxylic acids is 1. The van der Waals surface area contributed by atoms with Crippen LogP contribution >= 0.6 is 12.4 Å². The molecule has 2 aliphatic rings. The van der Waals surface area contributed by atoms with Gasteiger partial charge in [-0.05, 0) is 37.0 Å². The van der Waals surface area contributed by atoms with Gasteiger partial charge in [-0.3, -0.25) is 4.79 Å². The van der Waals surface area contributed by atoms with Crippen LogP contribution in [0.5, 0.6) is 11.5 Å². The van der Waals surface area contributed by atoms with Gasteiger partial charge >= 0.3 is 0 Å². The van der Waals surface area contributed by atoms with Gasteiger partial charge in [-0.25, -0.2) is 0 Å². The Hall–Kier alpha value is -1.46. The quantitative estimate of drug-likeness (QED) is 0.882. The number of fused-ring (bicyclic) bond motifs is 1. The molecule has 2 unspecified atom stereocenters. The molecule has 1 aromatic carbocycles. The highest BCUT2D eigenvalue weighted by molar-refractivity contribution is 5.85. The summed E-state index contributed by atoms with van der Waals surface area (Å²) >= 11 is 0. The van der Waals surface area contributed by atoms with Gasteiger partial charge < -0.3 is 20.5 Å². The molecule has 1 saturated carbocycles. The SMILES string of the molecule is C[C@@H](CN)NC(=O)C1CC1c1ccc2c(c1)OCCO2.Cl. The lowest BCUT2D eigenvalue weighted by atomic mass is 10.1. The maximum atomic E-state index is 12.0. The molecule has 1 aliphatic heterocycles. The molecular formula is C15H21ClN2O3. The van der Waals surface area contributed by atoms with Crippen LogP contribution in [0.4, 0.5) is 0 Å². The molecule has 3 rings (SSSR count). The molecule has 0 radical (unpaired) electrons. The highest BCUT2D eigenvalue weighted by atomic mass is 35.5. The summed E-state index contributed by atoms with van der Waals surface area (Å²) in [6, 6.07) is 5.99. The van der Waals surface area contributed by atoms with Crippen LogP contribution in [0.2, 0.25) is 0 Å². The zero-order chi connectivity index (χ0) is 14.1. The molecule has 21 heavy (non-hydrogen) atoms. The van der Waals surface area contributed by atoms with Gasteiger partial charge in [0.05, 0.1) is 0 Å². The highest BCUT2D eigenvalue weighted by Crippen LogP contribution is 2.49. The number of carbonyl (C=O) groups is 1. The number of ether oxygens (including phenoxy) is 2. The first-order chi connectivity index (χ1) is 9.69. The largest absolute Gasteiger partial charge is 0.486 e. The smallest absolute Gasteiger partial charge is 0.224 e. The van der Waals surface area contributed by atoms with Gasteiger partial charge in [0, 0.05) is 18.5 Å². The highest BCUT2D eigenvalue weighted by Gasteiger charge is 2.44. The number of hydrogen-bond acceptors (Lipinski definition) is 4. The summed E-state index contributed by atoms with van der Waals surface area (Å²) in [5.74, 6) is 2.03. The monoisotopic (exact) mass is 312 g/mol. The second-order valence-electron chi connectivity index (χ2n) is 5.50. The third-order valence-corrected chi connectivity index (χ3v) is 3.86. The Morgan fingerprint density at radius 2 is 2.10 bits per heavy atom. The summed E-state index contributed by atoms with van der Waals surface area (Å²) in [7, 11) is 0. The normalized spacial score (nSPS) is 23.7. The van der Waals surface area contributed by atoms with E-state index in [0.29, 0.717) is 19.8 Å². The van der Waals surface area contributed by atoms with Crippen molar-refractivity contribution < 1.29 is 14.3 Å². The molecule has 0 spiro atoms. The van der Waals surface area contributed by atoms with Crippen molar-refractivity contribution in [2.75, 3.05) is 19.8 Å². The van der Waals surface area contributed by atoms with Crippen LogP contribution < -0.4 is 20.5 Å². The lowest BCUT2D eigenvalue weighted by Gasteiger charge is -2.19. The zero-order valence-electron chi connectivity index (χ0n) is 12.0. The summed E-state index contributed by atoms with van der Waals surface area (Å²) in [4.78, 5) is 12.0. The third-order valence-electron chi connectivity index (χ3n) is 3.86. The Bertz CT molecular complexity index is 524. The van der Waals surface area contributed by atoms with E-state index in [4.69, 9.17) is 15.2 Å². The Labute approximate surface area is 130 Å². The van der Waals surface area contributed by atoms with Crippen LogP contribution in [-0.2, 0) is 4.79 Å². The van der Waals surface area contributed by atoms with Gasteiger partial charge in [0.25, 0.3) is 0 Å². The molecule has 5 nitrogen and oxygen atoms in total. The van der Waals surface area contributed by atoms with Gasteiger partial charge in [-0.2, -0.15) is 0 Å². The predicted molar refractivity (Wildman–Crippen MR) is 82.2 cm³/mol. The predicted octanol–water partition coefficient (Wildman–Crippen LogP) is 1.45. The van der Waals surface area contributed by atoms with Gasteiger partial charge in [-0.1, -0.05) is 6.07 Å². The Morgan fingerprint density at radius 1 is 1.38 bits per heavy atom. The van der Waals surface area contributed by atoms with Crippen molar-refractivity contribution in [3.05, 3.63) is 23.8 Å². The van der Waals surface area contributed by atoms with E-state index in [1.807, 2.05) is 25.1 Å². The van der Waals surface area contributed by atoms with Gasteiger partial charge in [0.15, 0.2) is 11.5 Å². The molecule has 3 atom stereocenters. The fourth-order valence-electron chi connectivity index (χ4n) is 2.55. The lowest BCUT2D eigenvalue weighted by Crippen LogP contribution is -2.38. The van der Waals surface area contributed by atoms with E-state index in [1.54, 1.807) is 0 Å². The summed E-state index contributed by atoms with van der Waals surface area (Å²) < 4.78 is 11.1. The van der Waals surface area contributed by atoms with Crippen molar-refractivity contribution in [3.63, 3.8) is 0 Å². The standard InChI is InChI=1S/C15H20N2O3.ClH/c1-9(8-16)17-15(18)12-7-11(12)10-2-3-13-14(6-10)20-5-4-19-13;/h2-3,6,9,11-12H,4-5,7-8,16H2,1H3,(H,17,18);1H/t9-,11?,12?;/m0./s1. The summed E-state index contributed by atoms with van der Waals surface area (Å²) in [5.41, 5.74) is 6.67. The van der Waals surface area contributed by atoms with Crippen LogP contribution in [0.1, 0.15) is 24.8 Å². The van der Waals surface area contributed by atoms with E-state index < -0.39 is 0 Å². The number of halogens is 1. The molecule has 3 N–H and O–H groups in total. The number of amides is 1. The Kier molecular flexibility index (Phi) is 4.96. The fraction of sp³-hybridized carbons (Fsp3) is 0.533. The van der Waals surface area contributed by atoms with Crippen LogP contribution in [0.25, 0.3) is 0 Å². The van der Waals surface area contributed by atoms with Crippen LogP contribution in [0.15, 0.2) is 18.2 Å². The molecule has 0 bridgehead atoms. The number of hydrogen-bond donors (Lipinski definition) is 2. The number of nitrogens with two attached hydrogens (primary N) is 1. The lowest BCUT2D eigenvalue weighted by molar-refractivity contribution is -0.122. The second kappa shape index (κ2) is 6.54. The molecule has 0 aromatic heterocycles. The van der Waals surface area contributed by atoms with E-state index >= 15 is 0 Å². The molecule has 0 saturated heterocycles. The second-order valence-corrected chi connectivity index (χ2v) is 5.50. The fourth-order valence-corrected chi connectivity index (χ4v) is 2.55. The molecule has 116 valence electrons. The van der Waals surface area contributed by atoms with E-state index in [1.165, 1.54) is 0 Å². The number of benzene rings is 1. The molecular weight excluding hydrogens is 292 g/mol. The van der Waals surface area contributed by atoms with Crippen molar-refractivity contribution in [1.82, 2.24) is 5.32 Å². The third kappa shape index (κ3) is 3.41. The van der Waals surface area contributed by atoms with Crippen molar-refractivity contribution in [2.45, 2.75) is 25.3 Å². The molecule has 1 aliphatic carbocycles. The maximum Gasteiger partial charge on any atom is 0.224 e. The van der Waals surface area contributed by atoms with Crippen LogP contribution in [-0.4, -0.2) is 31.7 Å². The molecule has 1 heterocycles.